The van der Waals surface area contributed by atoms with Crippen molar-refractivity contribution in [3.63, 3.8) is 0 Å². The molecule has 0 aliphatic rings. The Morgan fingerprint density at radius 2 is 1.75 bits per heavy atom. The molecule has 0 aliphatic carbocycles. The Labute approximate surface area is 59.6 Å². The summed E-state index contributed by atoms with van der Waals surface area (Å²) in [5, 5.41) is 0. The molecule has 0 radical (unpaired) electrons. The summed E-state index contributed by atoms with van der Waals surface area (Å²) in [7, 11) is 0. The highest BCUT2D eigenvalue weighted by Crippen LogP contribution is 2.10. The lowest BCUT2D eigenvalue weighted by atomic mass is 10.3. The van der Waals surface area contributed by atoms with Crippen molar-refractivity contribution in [2.24, 2.45) is 0 Å². The Morgan fingerprint density at radius 3 is 1.88 bits per heavy atom. The molecule has 0 amide bonds. The van der Waals surface area contributed by atoms with Gasteiger partial charge in [-0.15, -0.1) is 0 Å². The van der Waals surface area contributed by atoms with Gasteiger partial charge in [0.05, 0.1) is 0 Å². The molecule has 0 rings (SSSR count). The van der Waals surface area contributed by atoms with Gasteiger partial charge in [0.15, 0.2) is 6.17 Å². The van der Waals surface area contributed by atoms with E-state index in [2.05, 4.69) is 0 Å². The zero-order valence-electron chi connectivity index (χ0n) is 4.08. The number of hydrogen-bond acceptors (Lipinski definition) is 0. The van der Waals surface area contributed by atoms with Gasteiger partial charge in [-0.1, -0.05) is 22.6 Å². The first-order chi connectivity index (χ1) is 3.68. The van der Waals surface area contributed by atoms with Gasteiger partial charge in [-0.05, 0) is 6.42 Å². The minimum atomic E-state index is -2.80. The number of hydrogen-bond donors (Lipinski definition) is 0. The van der Waals surface area contributed by atoms with Crippen LogP contribution in [0.15, 0.2) is 0 Å². The molecular formula is C4H6F3I. The molecule has 0 aromatic rings. The summed E-state index contributed by atoms with van der Waals surface area (Å²) < 4.78 is 34.7. The SMILES string of the molecule is FC(F)C(F)CCI. The van der Waals surface area contributed by atoms with Crippen molar-refractivity contribution >= 4 is 22.6 Å². The van der Waals surface area contributed by atoms with Gasteiger partial charge in [0.2, 0.25) is 0 Å². The summed E-state index contributed by atoms with van der Waals surface area (Å²) >= 11 is 1.86. The third kappa shape index (κ3) is 3.51. The smallest absolute Gasteiger partial charge is 0.241 e. The van der Waals surface area contributed by atoms with Crippen molar-refractivity contribution in [2.75, 3.05) is 4.43 Å². The molecule has 0 saturated heterocycles. The van der Waals surface area contributed by atoms with Gasteiger partial charge in [0, 0.05) is 4.43 Å². The average molecular weight is 238 g/mol. The van der Waals surface area contributed by atoms with E-state index in [0.29, 0.717) is 4.43 Å². The predicted molar refractivity (Wildman–Crippen MR) is 34.4 cm³/mol. The summed E-state index contributed by atoms with van der Waals surface area (Å²) in [6.45, 7) is 0. The average Bonchev–Trinajstić information content (AvgIpc) is 1.67. The highest BCUT2D eigenvalue weighted by Gasteiger charge is 2.17. The fraction of sp³-hybridized carbons (Fsp3) is 1.00. The third-order valence-corrected chi connectivity index (χ3v) is 1.28. The molecule has 0 fully saturated rings. The lowest BCUT2D eigenvalue weighted by Crippen LogP contribution is -2.11. The molecule has 4 heteroatoms. The van der Waals surface area contributed by atoms with Crippen molar-refractivity contribution in [1.29, 1.82) is 0 Å². The largest absolute Gasteiger partial charge is 0.269 e. The van der Waals surface area contributed by atoms with Gasteiger partial charge in [-0.2, -0.15) is 0 Å². The number of halogens is 4. The van der Waals surface area contributed by atoms with Crippen molar-refractivity contribution in [3.05, 3.63) is 0 Å². The van der Waals surface area contributed by atoms with E-state index in [-0.39, 0.29) is 6.42 Å². The van der Waals surface area contributed by atoms with Crippen LogP contribution in [0, 0.1) is 0 Å². The van der Waals surface area contributed by atoms with Gasteiger partial charge < -0.3 is 0 Å². The summed E-state index contributed by atoms with van der Waals surface area (Å²) in [5.74, 6) is 0. The fourth-order valence-corrected chi connectivity index (χ4v) is 0.825. The van der Waals surface area contributed by atoms with Crippen LogP contribution in [0.4, 0.5) is 13.2 Å². The van der Waals surface area contributed by atoms with E-state index < -0.39 is 12.6 Å². The van der Waals surface area contributed by atoms with E-state index in [9.17, 15) is 13.2 Å². The highest BCUT2D eigenvalue weighted by molar-refractivity contribution is 14.1. The van der Waals surface area contributed by atoms with E-state index in [1.54, 1.807) is 0 Å². The second kappa shape index (κ2) is 4.40. The first-order valence-corrected chi connectivity index (χ1v) is 3.69. The van der Waals surface area contributed by atoms with E-state index in [4.69, 9.17) is 0 Å². The molecular weight excluding hydrogens is 232 g/mol. The molecule has 0 aromatic heterocycles. The quantitative estimate of drug-likeness (QED) is 0.523. The van der Waals surface area contributed by atoms with Crippen molar-refractivity contribution < 1.29 is 13.2 Å². The van der Waals surface area contributed by atoms with Crippen LogP contribution in [0.3, 0.4) is 0 Å². The lowest BCUT2D eigenvalue weighted by molar-refractivity contribution is 0.0491. The Kier molecular flexibility index (Phi) is 4.69. The van der Waals surface area contributed by atoms with Crippen LogP contribution in [-0.2, 0) is 0 Å². The molecule has 0 heterocycles. The first kappa shape index (κ1) is 8.52. The van der Waals surface area contributed by atoms with Crippen LogP contribution in [-0.4, -0.2) is 17.0 Å². The maximum absolute atomic E-state index is 11.8. The van der Waals surface area contributed by atoms with Crippen LogP contribution in [0.2, 0.25) is 0 Å². The predicted octanol–water partition coefficient (Wildman–Crippen LogP) is 2.41. The Morgan fingerprint density at radius 1 is 1.25 bits per heavy atom. The molecule has 1 atom stereocenters. The van der Waals surface area contributed by atoms with Gasteiger partial charge in [0.1, 0.15) is 0 Å². The fourth-order valence-electron chi connectivity index (χ4n) is 0.230. The topological polar surface area (TPSA) is 0 Å². The van der Waals surface area contributed by atoms with Crippen LogP contribution in [0.5, 0.6) is 0 Å². The summed E-state index contributed by atoms with van der Waals surface area (Å²) in [4.78, 5) is 0. The molecule has 0 aromatic carbocycles. The van der Waals surface area contributed by atoms with Crippen molar-refractivity contribution in [2.45, 2.75) is 19.0 Å². The van der Waals surface area contributed by atoms with Crippen LogP contribution < -0.4 is 0 Å². The standard InChI is InChI=1S/C4H6F3I/c5-3(1-2-8)4(6)7/h3-4H,1-2H2. The molecule has 0 aliphatic heterocycles. The van der Waals surface area contributed by atoms with Crippen molar-refractivity contribution in [3.8, 4) is 0 Å². The summed E-state index contributed by atoms with van der Waals surface area (Å²) in [6, 6.07) is 0. The van der Waals surface area contributed by atoms with Gasteiger partial charge >= 0.3 is 0 Å². The van der Waals surface area contributed by atoms with E-state index in [1.165, 1.54) is 0 Å². The maximum atomic E-state index is 11.8. The van der Waals surface area contributed by atoms with Crippen LogP contribution >= 0.6 is 22.6 Å². The van der Waals surface area contributed by atoms with Crippen molar-refractivity contribution in [1.82, 2.24) is 0 Å². The van der Waals surface area contributed by atoms with Crippen LogP contribution in [0.1, 0.15) is 6.42 Å². The number of alkyl halides is 4. The molecule has 0 spiro atoms. The molecule has 0 saturated carbocycles. The molecule has 1 unspecified atom stereocenters. The van der Waals surface area contributed by atoms with Crippen LogP contribution in [0.25, 0.3) is 0 Å². The van der Waals surface area contributed by atoms with Gasteiger partial charge in [-0.3, -0.25) is 0 Å². The highest BCUT2D eigenvalue weighted by atomic mass is 127. The second-order valence-corrected chi connectivity index (χ2v) is 2.41. The normalized spacial score (nSPS) is 14.6. The zero-order valence-corrected chi connectivity index (χ0v) is 6.24. The molecule has 0 nitrogen and oxygen atoms in total. The molecule has 0 N–H and O–H groups in total. The maximum Gasteiger partial charge on any atom is 0.269 e. The zero-order chi connectivity index (χ0) is 6.57. The van der Waals surface area contributed by atoms with E-state index in [1.807, 2.05) is 22.6 Å². The Balaban J connectivity index is 3.17. The van der Waals surface area contributed by atoms with Gasteiger partial charge in [-0.25, -0.2) is 13.2 Å². The van der Waals surface area contributed by atoms with E-state index in [0.717, 1.165) is 0 Å². The second-order valence-electron chi connectivity index (χ2n) is 1.33. The third-order valence-electron chi connectivity index (χ3n) is 0.658. The number of rotatable bonds is 3. The minimum Gasteiger partial charge on any atom is -0.241 e. The Hall–Kier alpha value is 0.520. The summed E-state index contributed by atoms with van der Waals surface area (Å²) in [5.41, 5.74) is 0. The summed E-state index contributed by atoms with van der Waals surface area (Å²) in [6.07, 6.45) is -4.77. The van der Waals surface area contributed by atoms with Gasteiger partial charge in [0.25, 0.3) is 6.43 Å². The molecule has 50 valence electrons. The molecule has 8 heavy (non-hydrogen) atoms. The first-order valence-electron chi connectivity index (χ1n) is 2.16. The Bertz CT molecular complexity index is 57.2. The monoisotopic (exact) mass is 238 g/mol. The molecule has 0 bridgehead atoms. The lowest BCUT2D eigenvalue weighted by Gasteiger charge is -2.01. The van der Waals surface area contributed by atoms with E-state index >= 15 is 0 Å². The minimum absolute atomic E-state index is 0.0434.